The molecule has 0 amide bonds. The van der Waals surface area contributed by atoms with E-state index in [0.717, 1.165) is 12.8 Å². The first-order chi connectivity index (χ1) is 9.61. The summed E-state index contributed by atoms with van der Waals surface area (Å²) in [6, 6.07) is 6.50. The molecule has 4 heteroatoms. The summed E-state index contributed by atoms with van der Waals surface area (Å²) in [4.78, 5) is 12.3. The number of benzene rings is 1. The van der Waals surface area contributed by atoms with Gasteiger partial charge >= 0.3 is 5.97 Å². The minimum absolute atomic E-state index is 0.0816. The second-order valence-corrected chi connectivity index (χ2v) is 6.99. The second kappa shape index (κ2) is 5.32. The molecule has 0 spiro atoms. The molecule has 3 nitrogen and oxygen atoms in total. The van der Waals surface area contributed by atoms with Crippen LogP contribution in [0.5, 0.6) is 5.75 Å². The summed E-state index contributed by atoms with van der Waals surface area (Å²) in [5.41, 5.74) is -2.19. The second-order valence-electron chi connectivity index (χ2n) is 6.99. The maximum Gasteiger partial charge on any atom is 0.344 e. The van der Waals surface area contributed by atoms with Crippen molar-refractivity contribution in [2.45, 2.75) is 57.7 Å². The van der Waals surface area contributed by atoms with Crippen LogP contribution >= 0.6 is 0 Å². The van der Waals surface area contributed by atoms with Gasteiger partial charge in [-0.1, -0.05) is 12.1 Å². The van der Waals surface area contributed by atoms with E-state index in [1.807, 2.05) is 0 Å². The van der Waals surface area contributed by atoms with Crippen LogP contribution in [0, 0.1) is 5.92 Å². The van der Waals surface area contributed by atoms with Crippen molar-refractivity contribution in [1.29, 1.82) is 0 Å². The average molecular weight is 294 g/mol. The summed E-state index contributed by atoms with van der Waals surface area (Å²) in [6.45, 7) is 6.46. The molecule has 0 bridgehead atoms. The van der Waals surface area contributed by atoms with E-state index in [-0.39, 0.29) is 11.7 Å². The normalized spacial score (nSPS) is 19.7. The topological polar surface area (TPSA) is 46.5 Å². The lowest BCUT2D eigenvalue weighted by molar-refractivity contribution is -0.170. The maximum atomic E-state index is 15.2. The molecule has 2 rings (SSSR count). The largest absolute Gasteiger partial charge is 0.508 e. The monoisotopic (exact) mass is 294 g/mol. The van der Waals surface area contributed by atoms with Crippen LogP contribution in [-0.4, -0.2) is 22.3 Å². The van der Waals surface area contributed by atoms with Crippen molar-refractivity contribution >= 4 is 5.97 Å². The molecule has 21 heavy (non-hydrogen) atoms. The third-order valence-electron chi connectivity index (χ3n) is 3.70. The molecule has 1 aromatic carbocycles. The smallest absolute Gasteiger partial charge is 0.344 e. The van der Waals surface area contributed by atoms with E-state index in [1.54, 1.807) is 32.9 Å². The fourth-order valence-electron chi connectivity index (χ4n) is 2.68. The Kier molecular flexibility index (Phi) is 4.00. The fourth-order valence-corrected chi connectivity index (χ4v) is 2.68. The average Bonchev–Trinajstić information content (AvgIpc) is 3.11. The van der Waals surface area contributed by atoms with Crippen molar-refractivity contribution in [1.82, 2.24) is 0 Å². The summed E-state index contributed by atoms with van der Waals surface area (Å²) in [5, 5.41) is 9.62. The molecule has 0 aromatic heterocycles. The molecule has 1 aliphatic rings. The highest BCUT2D eigenvalue weighted by atomic mass is 19.1. The SMILES string of the molecule is CC(C)(C)OC(=O)C(C)(F)C(c1cccc(O)c1)C1CC1. The van der Waals surface area contributed by atoms with Crippen molar-refractivity contribution < 1.29 is 19.0 Å². The highest BCUT2D eigenvalue weighted by molar-refractivity contribution is 5.81. The standard InChI is InChI=1S/C17H23FO3/c1-16(2,3)21-15(20)17(4,18)14(11-8-9-11)12-6-5-7-13(19)10-12/h5-7,10-11,14,19H,8-9H2,1-4H3. The zero-order valence-electron chi connectivity index (χ0n) is 13.0. The molecule has 0 radical (unpaired) electrons. The number of alkyl halides is 1. The van der Waals surface area contributed by atoms with Crippen LogP contribution in [0.1, 0.15) is 52.0 Å². The Bertz CT molecular complexity index is 527. The first-order valence-corrected chi connectivity index (χ1v) is 7.32. The number of phenols is 1. The van der Waals surface area contributed by atoms with Gasteiger partial charge in [0.25, 0.3) is 0 Å². The number of hydrogen-bond donors (Lipinski definition) is 1. The molecule has 1 N–H and O–H groups in total. The number of hydrogen-bond acceptors (Lipinski definition) is 3. The van der Waals surface area contributed by atoms with Gasteiger partial charge in [0.1, 0.15) is 11.4 Å². The summed E-state index contributed by atoms with van der Waals surface area (Å²) in [6.07, 6.45) is 1.78. The van der Waals surface area contributed by atoms with E-state index in [4.69, 9.17) is 4.74 Å². The number of carbonyl (C=O) groups excluding carboxylic acids is 1. The number of esters is 1. The highest BCUT2D eigenvalue weighted by Gasteiger charge is 2.51. The molecule has 1 fully saturated rings. The number of aromatic hydroxyl groups is 1. The lowest BCUT2D eigenvalue weighted by atomic mass is 9.81. The Labute approximate surface area is 125 Å². The Hall–Kier alpha value is -1.58. The predicted octanol–water partition coefficient (Wildman–Crippen LogP) is 3.96. The van der Waals surface area contributed by atoms with Gasteiger partial charge in [-0.3, -0.25) is 0 Å². The van der Waals surface area contributed by atoms with Crippen molar-refractivity contribution in [2.24, 2.45) is 5.92 Å². The van der Waals surface area contributed by atoms with Gasteiger partial charge < -0.3 is 9.84 Å². The van der Waals surface area contributed by atoms with Gasteiger partial charge in [-0.2, -0.15) is 0 Å². The Morgan fingerprint density at radius 3 is 2.43 bits per heavy atom. The van der Waals surface area contributed by atoms with E-state index in [2.05, 4.69) is 0 Å². The quantitative estimate of drug-likeness (QED) is 0.855. The maximum absolute atomic E-state index is 15.2. The fraction of sp³-hybridized carbons (Fsp3) is 0.588. The summed E-state index contributed by atoms with van der Waals surface area (Å²) in [5.74, 6) is -1.22. The summed E-state index contributed by atoms with van der Waals surface area (Å²) >= 11 is 0. The minimum atomic E-state index is -2.11. The van der Waals surface area contributed by atoms with Gasteiger partial charge in [0.05, 0.1) is 0 Å². The molecule has 1 aromatic rings. The van der Waals surface area contributed by atoms with Crippen molar-refractivity contribution in [2.75, 3.05) is 0 Å². The Morgan fingerprint density at radius 1 is 1.33 bits per heavy atom. The molecule has 1 aliphatic carbocycles. The molecule has 0 heterocycles. The zero-order chi connectivity index (χ0) is 15.8. The van der Waals surface area contributed by atoms with Crippen LogP contribution in [0.25, 0.3) is 0 Å². The van der Waals surface area contributed by atoms with Gasteiger partial charge in [-0.15, -0.1) is 0 Å². The van der Waals surface area contributed by atoms with E-state index >= 15 is 4.39 Å². The minimum Gasteiger partial charge on any atom is -0.508 e. The van der Waals surface area contributed by atoms with Crippen LogP contribution in [-0.2, 0) is 9.53 Å². The number of ether oxygens (including phenoxy) is 1. The van der Waals surface area contributed by atoms with Crippen molar-refractivity contribution in [3.05, 3.63) is 29.8 Å². The number of carbonyl (C=O) groups is 1. The Morgan fingerprint density at radius 2 is 1.95 bits per heavy atom. The number of halogens is 1. The summed E-state index contributed by atoms with van der Waals surface area (Å²) < 4.78 is 20.5. The highest BCUT2D eigenvalue weighted by Crippen LogP contribution is 2.50. The van der Waals surface area contributed by atoms with Crippen LogP contribution < -0.4 is 0 Å². The van der Waals surface area contributed by atoms with Gasteiger partial charge in [0.2, 0.25) is 5.67 Å². The number of phenolic OH excluding ortho intramolecular Hbond substituents is 1. The van der Waals surface area contributed by atoms with Crippen molar-refractivity contribution in [3.63, 3.8) is 0 Å². The first kappa shape index (κ1) is 15.8. The van der Waals surface area contributed by atoms with Crippen LogP contribution in [0.4, 0.5) is 4.39 Å². The van der Waals surface area contributed by atoms with Gasteiger partial charge in [-0.25, -0.2) is 9.18 Å². The van der Waals surface area contributed by atoms with E-state index in [1.165, 1.54) is 19.1 Å². The zero-order valence-corrected chi connectivity index (χ0v) is 13.0. The van der Waals surface area contributed by atoms with Crippen molar-refractivity contribution in [3.8, 4) is 5.75 Å². The van der Waals surface area contributed by atoms with Crippen LogP contribution in [0.3, 0.4) is 0 Å². The van der Waals surface area contributed by atoms with Crippen LogP contribution in [0.2, 0.25) is 0 Å². The number of rotatable bonds is 4. The van der Waals surface area contributed by atoms with E-state index in [9.17, 15) is 9.90 Å². The lowest BCUT2D eigenvalue weighted by Crippen LogP contribution is -2.43. The molecule has 0 aliphatic heterocycles. The molecular formula is C17H23FO3. The van der Waals surface area contributed by atoms with Gasteiger partial charge in [0, 0.05) is 5.92 Å². The molecule has 0 saturated heterocycles. The van der Waals surface area contributed by atoms with E-state index < -0.39 is 23.2 Å². The first-order valence-electron chi connectivity index (χ1n) is 7.32. The lowest BCUT2D eigenvalue weighted by Gasteiger charge is -2.32. The van der Waals surface area contributed by atoms with Crippen LogP contribution in [0.15, 0.2) is 24.3 Å². The molecule has 1 saturated carbocycles. The Balaban J connectivity index is 2.31. The summed E-state index contributed by atoms with van der Waals surface area (Å²) in [7, 11) is 0. The van der Waals surface area contributed by atoms with Gasteiger partial charge in [0.15, 0.2) is 0 Å². The van der Waals surface area contributed by atoms with Gasteiger partial charge in [-0.05, 0) is 64.2 Å². The molecule has 2 atom stereocenters. The van der Waals surface area contributed by atoms with E-state index in [0.29, 0.717) is 5.56 Å². The third-order valence-corrected chi connectivity index (χ3v) is 3.70. The molecule has 2 unspecified atom stereocenters. The molecule has 116 valence electrons. The predicted molar refractivity (Wildman–Crippen MR) is 78.9 cm³/mol. The molecular weight excluding hydrogens is 271 g/mol. The third kappa shape index (κ3) is 3.74.